The van der Waals surface area contributed by atoms with Gasteiger partial charge in [0, 0.05) is 19.1 Å². The van der Waals surface area contributed by atoms with E-state index in [1.165, 1.54) is 0 Å². The molecule has 10 heteroatoms. The first-order valence-corrected chi connectivity index (χ1v) is 9.27. The van der Waals surface area contributed by atoms with Crippen LogP contribution in [0.5, 0.6) is 0 Å². The quantitative estimate of drug-likeness (QED) is 0.635. The van der Waals surface area contributed by atoms with E-state index < -0.39 is 44.2 Å². The second kappa shape index (κ2) is 6.16. The first-order chi connectivity index (χ1) is 8.60. The van der Waals surface area contributed by atoms with Gasteiger partial charge in [0.05, 0.1) is 18.4 Å². The van der Waals surface area contributed by atoms with Gasteiger partial charge in [0.25, 0.3) is 0 Å². The molecule has 0 aromatic carbocycles. The molecular weight excluding hydrogens is 296 g/mol. The van der Waals surface area contributed by atoms with Crippen LogP contribution in [0.25, 0.3) is 0 Å². The highest BCUT2D eigenvalue weighted by Crippen LogP contribution is 2.15. The smallest absolute Gasteiger partial charge is 0.304 e. The Bertz CT molecular complexity index is 527. The maximum absolute atomic E-state index is 11.9. The third-order valence-corrected chi connectivity index (χ3v) is 5.33. The summed E-state index contributed by atoms with van der Waals surface area (Å²) >= 11 is 0. The highest BCUT2D eigenvalue weighted by atomic mass is 32.2. The number of nitrogens with one attached hydrogen (secondary N) is 1. The van der Waals surface area contributed by atoms with E-state index in [2.05, 4.69) is 4.72 Å². The van der Waals surface area contributed by atoms with E-state index in [4.69, 9.17) is 5.11 Å². The number of carbonyl (C=O) groups is 1. The van der Waals surface area contributed by atoms with Crippen LogP contribution in [0.3, 0.4) is 0 Å². The standard InChI is InChI=1S/C9H18N2O6S2/c1-18(14,15)10-8-3-2-5-11(7-8)19(16,17)6-4-9(12)13/h8,10H,2-7H2,1H3,(H,12,13). The van der Waals surface area contributed by atoms with Crippen LogP contribution in [0.2, 0.25) is 0 Å². The summed E-state index contributed by atoms with van der Waals surface area (Å²) < 4.78 is 49.5. The summed E-state index contributed by atoms with van der Waals surface area (Å²) in [5, 5.41) is 8.51. The van der Waals surface area contributed by atoms with E-state index in [9.17, 15) is 21.6 Å². The number of rotatable bonds is 6. The van der Waals surface area contributed by atoms with Gasteiger partial charge in [-0.15, -0.1) is 0 Å². The number of nitrogens with zero attached hydrogens (tertiary/aromatic N) is 1. The fraction of sp³-hybridized carbons (Fsp3) is 0.889. The molecule has 0 aromatic rings. The molecule has 0 aliphatic carbocycles. The highest BCUT2D eigenvalue weighted by Gasteiger charge is 2.30. The SMILES string of the molecule is CS(=O)(=O)NC1CCCN(S(=O)(=O)CCC(=O)O)C1. The molecule has 0 radical (unpaired) electrons. The molecule has 0 spiro atoms. The Labute approximate surface area is 112 Å². The van der Waals surface area contributed by atoms with Crippen LogP contribution in [-0.4, -0.2) is 63.4 Å². The number of piperidine rings is 1. The monoisotopic (exact) mass is 314 g/mol. The molecule has 0 amide bonds. The van der Waals surface area contributed by atoms with Crippen molar-refractivity contribution in [2.24, 2.45) is 0 Å². The Morgan fingerprint density at radius 2 is 2.00 bits per heavy atom. The molecule has 1 aliphatic heterocycles. The molecule has 1 aliphatic rings. The van der Waals surface area contributed by atoms with Crippen molar-refractivity contribution in [2.75, 3.05) is 25.1 Å². The maximum Gasteiger partial charge on any atom is 0.304 e. The van der Waals surface area contributed by atoms with Crippen LogP contribution in [0.1, 0.15) is 19.3 Å². The van der Waals surface area contributed by atoms with E-state index in [0.717, 1.165) is 10.6 Å². The molecule has 8 nitrogen and oxygen atoms in total. The van der Waals surface area contributed by atoms with E-state index in [1.54, 1.807) is 0 Å². The molecule has 1 fully saturated rings. The van der Waals surface area contributed by atoms with Crippen LogP contribution >= 0.6 is 0 Å². The summed E-state index contributed by atoms with van der Waals surface area (Å²) in [6.45, 7) is 0.346. The minimum absolute atomic E-state index is 0.0506. The molecule has 1 heterocycles. The molecule has 0 bridgehead atoms. The van der Waals surface area contributed by atoms with Gasteiger partial charge in [0.15, 0.2) is 0 Å². The van der Waals surface area contributed by atoms with Gasteiger partial charge in [0.2, 0.25) is 20.0 Å². The predicted octanol–water partition coefficient (Wildman–Crippen LogP) is -1.20. The minimum Gasteiger partial charge on any atom is -0.481 e. The molecule has 0 saturated carbocycles. The number of hydrogen-bond donors (Lipinski definition) is 2. The van der Waals surface area contributed by atoms with Crippen molar-refractivity contribution >= 4 is 26.0 Å². The Morgan fingerprint density at radius 3 is 2.53 bits per heavy atom. The second-order valence-electron chi connectivity index (χ2n) is 4.55. The number of carboxylic acid groups (broad SMARTS) is 1. The molecule has 1 rings (SSSR count). The summed E-state index contributed by atoms with van der Waals surface area (Å²) in [6, 6.07) is -0.455. The van der Waals surface area contributed by atoms with E-state index >= 15 is 0 Å². The summed E-state index contributed by atoms with van der Waals surface area (Å²) in [4.78, 5) is 10.4. The van der Waals surface area contributed by atoms with Crippen molar-refractivity contribution in [1.29, 1.82) is 0 Å². The summed E-state index contributed by atoms with van der Waals surface area (Å²) in [5.74, 6) is -1.64. The lowest BCUT2D eigenvalue weighted by atomic mass is 10.1. The lowest BCUT2D eigenvalue weighted by Crippen LogP contribution is -2.49. The molecule has 2 N–H and O–H groups in total. The van der Waals surface area contributed by atoms with Crippen LogP contribution in [0.4, 0.5) is 0 Å². The van der Waals surface area contributed by atoms with Gasteiger partial charge >= 0.3 is 5.97 Å². The van der Waals surface area contributed by atoms with Crippen LogP contribution in [-0.2, 0) is 24.8 Å². The number of hydrogen-bond acceptors (Lipinski definition) is 5. The number of aliphatic carboxylic acids is 1. The topological polar surface area (TPSA) is 121 Å². The normalized spacial score (nSPS) is 22.3. The zero-order valence-corrected chi connectivity index (χ0v) is 12.2. The van der Waals surface area contributed by atoms with Crippen LogP contribution in [0, 0.1) is 0 Å². The van der Waals surface area contributed by atoms with Crippen molar-refractivity contribution in [1.82, 2.24) is 9.03 Å². The van der Waals surface area contributed by atoms with Gasteiger partial charge in [-0.1, -0.05) is 0 Å². The van der Waals surface area contributed by atoms with Crippen molar-refractivity contribution < 1.29 is 26.7 Å². The van der Waals surface area contributed by atoms with Gasteiger partial charge in [-0.2, -0.15) is 0 Å². The lowest BCUT2D eigenvalue weighted by Gasteiger charge is -2.31. The highest BCUT2D eigenvalue weighted by molar-refractivity contribution is 7.89. The summed E-state index contributed by atoms with van der Waals surface area (Å²) in [6.07, 6.45) is 1.67. The third-order valence-electron chi connectivity index (χ3n) is 2.73. The third kappa shape index (κ3) is 5.85. The zero-order valence-electron chi connectivity index (χ0n) is 10.6. The van der Waals surface area contributed by atoms with Crippen LogP contribution < -0.4 is 4.72 Å². The fourth-order valence-electron chi connectivity index (χ4n) is 1.94. The van der Waals surface area contributed by atoms with Crippen molar-refractivity contribution in [3.8, 4) is 0 Å². The molecular formula is C9H18N2O6S2. The van der Waals surface area contributed by atoms with Crippen molar-refractivity contribution in [2.45, 2.75) is 25.3 Å². The molecule has 0 aromatic heterocycles. The first kappa shape index (κ1) is 16.3. The average molecular weight is 314 g/mol. The Hall–Kier alpha value is -0.710. The summed E-state index contributed by atoms with van der Waals surface area (Å²) in [7, 11) is -7.03. The van der Waals surface area contributed by atoms with Gasteiger partial charge in [0.1, 0.15) is 0 Å². The lowest BCUT2D eigenvalue weighted by molar-refractivity contribution is -0.136. The molecule has 19 heavy (non-hydrogen) atoms. The Morgan fingerprint density at radius 1 is 1.37 bits per heavy atom. The fourth-order valence-corrected chi connectivity index (χ4v) is 4.24. The molecule has 1 saturated heterocycles. The van der Waals surface area contributed by atoms with Crippen molar-refractivity contribution in [3.05, 3.63) is 0 Å². The summed E-state index contributed by atoms with van der Waals surface area (Å²) in [5.41, 5.74) is 0. The first-order valence-electron chi connectivity index (χ1n) is 5.77. The van der Waals surface area contributed by atoms with Gasteiger partial charge in [-0.05, 0) is 12.8 Å². The second-order valence-corrected chi connectivity index (χ2v) is 8.42. The molecule has 112 valence electrons. The van der Waals surface area contributed by atoms with E-state index in [0.29, 0.717) is 19.4 Å². The van der Waals surface area contributed by atoms with Gasteiger partial charge in [-0.3, -0.25) is 4.79 Å². The van der Waals surface area contributed by atoms with Gasteiger partial charge in [-0.25, -0.2) is 25.9 Å². The van der Waals surface area contributed by atoms with Gasteiger partial charge < -0.3 is 5.11 Å². The Kier molecular flexibility index (Phi) is 5.30. The predicted molar refractivity (Wildman–Crippen MR) is 68.6 cm³/mol. The van der Waals surface area contributed by atoms with Crippen molar-refractivity contribution in [3.63, 3.8) is 0 Å². The number of carboxylic acids is 1. The average Bonchev–Trinajstić information content (AvgIpc) is 2.24. The van der Waals surface area contributed by atoms with Crippen LogP contribution in [0.15, 0.2) is 0 Å². The zero-order chi connectivity index (χ0) is 14.7. The minimum atomic E-state index is -3.65. The number of sulfonamides is 2. The maximum atomic E-state index is 11.9. The molecule has 1 unspecified atom stereocenters. The van der Waals surface area contributed by atoms with E-state index in [1.807, 2.05) is 0 Å². The Balaban J connectivity index is 2.66. The molecule has 1 atom stereocenters. The largest absolute Gasteiger partial charge is 0.481 e. The van der Waals surface area contributed by atoms with E-state index in [-0.39, 0.29) is 6.54 Å².